The van der Waals surface area contributed by atoms with Gasteiger partial charge in [0.1, 0.15) is 0 Å². The summed E-state index contributed by atoms with van der Waals surface area (Å²) in [6.45, 7) is 4.36. The van der Waals surface area contributed by atoms with Gasteiger partial charge in [0.05, 0.1) is 11.5 Å². The molecule has 0 radical (unpaired) electrons. The number of nitrogens with two attached hydrogens (primary N) is 1. The van der Waals surface area contributed by atoms with Crippen molar-refractivity contribution < 1.29 is 35.2 Å². The van der Waals surface area contributed by atoms with Gasteiger partial charge >= 0.3 is 16.1 Å². The zero-order valence-electron chi connectivity index (χ0n) is 25.2. The first-order valence-corrected chi connectivity index (χ1v) is 18.5. The molecule has 0 heterocycles. The number of rotatable bonds is 26. The summed E-state index contributed by atoms with van der Waals surface area (Å²) >= 11 is 0. The van der Waals surface area contributed by atoms with Crippen molar-refractivity contribution in [2.45, 2.75) is 142 Å². The number of hydrogen-bond donors (Lipinski definition) is 3. The number of hydrogen-bond acceptors (Lipinski definition) is 8. The highest BCUT2D eigenvalue weighted by Crippen LogP contribution is 2.12. The molecule has 240 valence electrons. The topological polar surface area (TPSA) is 170 Å². The zero-order chi connectivity index (χ0) is 30.5. The van der Waals surface area contributed by atoms with Crippen LogP contribution < -0.4 is 11.1 Å². The average molecular weight is 615 g/mol. The second kappa shape index (κ2) is 27.9. The molecule has 0 bridgehead atoms. The fourth-order valence-corrected chi connectivity index (χ4v) is 5.05. The molecule has 10 nitrogen and oxygen atoms in total. The van der Waals surface area contributed by atoms with Crippen LogP contribution in [0.15, 0.2) is 0 Å². The molecule has 0 fully saturated rings. The molecular weight excluding hydrogens is 556 g/mol. The van der Waals surface area contributed by atoms with Crippen molar-refractivity contribution in [2.24, 2.45) is 5.73 Å². The molecule has 0 aliphatic rings. The van der Waals surface area contributed by atoms with Crippen molar-refractivity contribution in [3.63, 3.8) is 0 Å². The molecule has 0 aromatic carbocycles. The lowest BCUT2D eigenvalue weighted by molar-refractivity contribution is -0.134. The molecule has 40 heavy (non-hydrogen) atoms. The van der Waals surface area contributed by atoms with Gasteiger partial charge in [-0.25, -0.2) is 0 Å². The van der Waals surface area contributed by atoms with E-state index in [2.05, 4.69) is 23.3 Å². The van der Waals surface area contributed by atoms with Gasteiger partial charge in [0.15, 0.2) is 0 Å². The van der Waals surface area contributed by atoms with Crippen LogP contribution in [-0.2, 0) is 34.0 Å². The van der Waals surface area contributed by atoms with Gasteiger partial charge in [-0.1, -0.05) is 117 Å². The van der Waals surface area contributed by atoms with E-state index in [4.69, 9.17) is 10.3 Å². The van der Waals surface area contributed by atoms with Crippen LogP contribution in [0.2, 0.25) is 0 Å². The van der Waals surface area contributed by atoms with Crippen molar-refractivity contribution in [2.75, 3.05) is 24.6 Å². The van der Waals surface area contributed by atoms with Crippen LogP contribution in [0.4, 0.5) is 0 Å². The average Bonchev–Trinajstić information content (AvgIpc) is 2.86. The van der Waals surface area contributed by atoms with Gasteiger partial charge in [-0.15, -0.1) is 0 Å². The third kappa shape index (κ3) is 34.8. The maximum absolute atomic E-state index is 11.3. The molecular formula is C28H58N2O8S2. The lowest BCUT2D eigenvalue weighted by atomic mass is 10.1. The lowest BCUT2D eigenvalue weighted by Crippen LogP contribution is -2.28. The molecule has 0 atom stereocenters. The molecule has 0 aliphatic heterocycles. The Kier molecular flexibility index (Phi) is 28.5. The van der Waals surface area contributed by atoms with Crippen LogP contribution in [0.5, 0.6) is 0 Å². The van der Waals surface area contributed by atoms with E-state index in [1.54, 1.807) is 0 Å². The molecule has 0 spiro atoms. The van der Waals surface area contributed by atoms with Gasteiger partial charge in [-0.05, 0) is 12.8 Å². The Balaban J connectivity index is 0. The Morgan fingerprint density at radius 1 is 0.650 bits per heavy atom. The van der Waals surface area contributed by atoms with Crippen LogP contribution in [0.25, 0.3) is 0 Å². The van der Waals surface area contributed by atoms with Gasteiger partial charge < -0.3 is 15.2 Å². The zero-order valence-corrected chi connectivity index (χ0v) is 26.8. The first-order chi connectivity index (χ1) is 19.0. The highest BCUT2D eigenvalue weighted by Gasteiger charge is 2.15. The minimum absolute atomic E-state index is 0.0188. The molecule has 0 aliphatic carbocycles. The highest BCUT2D eigenvalue weighted by molar-refractivity contribution is 7.87. The Hall–Kier alpha value is -1.24. The molecule has 4 N–H and O–H groups in total. The van der Waals surface area contributed by atoms with Gasteiger partial charge in [0.2, 0.25) is 5.91 Å². The van der Waals surface area contributed by atoms with E-state index < -0.39 is 32.0 Å². The lowest BCUT2D eigenvalue weighted by Gasteiger charge is -2.04. The third-order valence-corrected chi connectivity index (χ3v) is 8.16. The van der Waals surface area contributed by atoms with Gasteiger partial charge in [-0.3, -0.25) is 14.1 Å². The fourth-order valence-electron chi connectivity index (χ4n) is 3.95. The number of carbonyl (C=O) groups excluding carboxylic acids is 2. The predicted molar refractivity (Wildman–Crippen MR) is 162 cm³/mol. The molecule has 0 unspecified atom stereocenters. The van der Waals surface area contributed by atoms with E-state index in [1.165, 1.54) is 77.0 Å². The number of carbonyl (C=O) groups is 2. The number of unbranched alkanes of at least 4 members (excludes halogenated alkanes) is 16. The predicted octanol–water partition coefficient (Wildman–Crippen LogP) is 5.65. The monoisotopic (exact) mass is 614 g/mol. The normalized spacial score (nSPS) is 11.5. The second-order valence-electron chi connectivity index (χ2n) is 10.3. The molecule has 0 rings (SSSR count). The second-order valence-corrected chi connectivity index (χ2v) is 13.6. The molecule has 0 saturated heterocycles. The van der Waals surface area contributed by atoms with Gasteiger partial charge in [0, 0.05) is 25.9 Å². The summed E-state index contributed by atoms with van der Waals surface area (Å²) in [5, 5.41) is 2.49. The van der Waals surface area contributed by atoms with Crippen LogP contribution >= 0.6 is 0 Å². The van der Waals surface area contributed by atoms with E-state index in [-0.39, 0.29) is 31.2 Å². The van der Waals surface area contributed by atoms with Crippen molar-refractivity contribution >= 4 is 32.1 Å². The molecule has 0 aromatic rings. The Morgan fingerprint density at radius 2 is 1.05 bits per heavy atom. The number of nitrogens with one attached hydrogen (secondary N) is 1. The summed E-state index contributed by atoms with van der Waals surface area (Å²) in [7, 11) is -7.74. The van der Waals surface area contributed by atoms with Crippen LogP contribution in [0.3, 0.4) is 0 Å². The first-order valence-electron chi connectivity index (χ1n) is 15.3. The molecule has 12 heteroatoms. The summed E-state index contributed by atoms with van der Waals surface area (Å²) in [4.78, 5) is 22.6. The molecule has 0 aromatic heterocycles. The van der Waals surface area contributed by atoms with Gasteiger partial charge in [0.25, 0.3) is 10.1 Å². The standard InChI is InChI=1S/2C14H29NO4S/c1-2-3-4-5-6-7-8-9-10-11-14(16)19-20(17,18)13-12-15;1-2-3-4-5-6-7-8-9-10-11-14(16)15-12-13-20(17,18)19/h2-13,15H2,1H3;2-13H2,1H3,(H,15,16)(H,17,18,19). The summed E-state index contributed by atoms with van der Waals surface area (Å²) in [5.74, 6) is -1.54. The van der Waals surface area contributed by atoms with Crippen molar-refractivity contribution in [1.29, 1.82) is 0 Å². The molecule has 0 saturated carbocycles. The van der Waals surface area contributed by atoms with Crippen LogP contribution in [0.1, 0.15) is 142 Å². The van der Waals surface area contributed by atoms with E-state index in [0.717, 1.165) is 32.1 Å². The van der Waals surface area contributed by atoms with Crippen LogP contribution in [-0.4, -0.2) is 57.9 Å². The van der Waals surface area contributed by atoms with Gasteiger partial charge in [-0.2, -0.15) is 16.8 Å². The van der Waals surface area contributed by atoms with Crippen molar-refractivity contribution in [1.82, 2.24) is 5.32 Å². The van der Waals surface area contributed by atoms with E-state index in [9.17, 15) is 26.4 Å². The third-order valence-electron chi connectivity index (χ3n) is 6.26. The molecule has 1 amide bonds. The Labute approximate surface area is 244 Å². The SMILES string of the molecule is CCCCCCCCCCCC(=O)NCCS(=O)(=O)O.CCCCCCCCCCCC(=O)OS(=O)(=O)CCN. The summed E-state index contributed by atoms with van der Waals surface area (Å²) in [6.07, 6.45) is 21.7. The maximum atomic E-state index is 11.3. The first kappa shape index (κ1) is 40.9. The Morgan fingerprint density at radius 3 is 1.45 bits per heavy atom. The smallest absolute Gasteiger partial charge is 0.322 e. The maximum Gasteiger partial charge on any atom is 0.322 e. The highest BCUT2D eigenvalue weighted by atomic mass is 32.2. The quantitative estimate of drug-likeness (QED) is 0.0633. The largest absolute Gasteiger partial charge is 0.355 e. The fraction of sp³-hybridized carbons (Fsp3) is 0.929. The Bertz CT molecular complexity index is 818. The van der Waals surface area contributed by atoms with E-state index in [0.29, 0.717) is 12.8 Å². The number of amides is 1. The van der Waals surface area contributed by atoms with Crippen molar-refractivity contribution in [3.8, 4) is 0 Å². The minimum Gasteiger partial charge on any atom is -0.355 e. The van der Waals surface area contributed by atoms with E-state index >= 15 is 0 Å². The minimum atomic E-state index is -3.98. The van der Waals surface area contributed by atoms with Crippen LogP contribution in [0, 0.1) is 0 Å². The summed E-state index contributed by atoms with van der Waals surface area (Å²) in [5.41, 5.74) is 5.12. The van der Waals surface area contributed by atoms with Crippen molar-refractivity contribution in [3.05, 3.63) is 0 Å². The summed E-state index contributed by atoms with van der Waals surface area (Å²) in [6, 6.07) is 0. The van der Waals surface area contributed by atoms with E-state index in [1.807, 2.05) is 0 Å². The summed E-state index contributed by atoms with van der Waals surface area (Å²) < 4.78 is 56.1.